The molecule has 0 aliphatic rings. The van der Waals surface area contributed by atoms with Gasteiger partial charge in [-0.1, -0.05) is 6.07 Å². The molecule has 1 aromatic heterocycles. The Kier molecular flexibility index (Phi) is 7.05. The summed E-state index contributed by atoms with van der Waals surface area (Å²) in [6.07, 6.45) is 1.13. The second-order valence-electron chi connectivity index (χ2n) is 3.70. The maximum absolute atomic E-state index is 11.5. The number of ether oxygens (including phenoxy) is 1. The third kappa shape index (κ3) is 6.36. The highest BCUT2D eigenvalue weighted by Crippen LogP contribution is 2.10. The van der Waals surface area contributed by atoms with Crippen LogP contribution in [0.25, 0.3) is 0 Å². The van der Waals surface area contributed by atoms with E-state index in [-0.39, 0.29) is 18.4 Å². The molecule has 0 spiro atoms. The van der Waals surface area contributed by atoms with Crippen molar-refractivity contribution in [1.29, 1.82) is 0 Å². The first-order chi connectivity index (χ1) is 8.72. The van der Waals surface area contributed by atoms with E-state index in [1.54, 1.807) is 18.4 Å². The number of carbonyl (C=O) groups excluding carboxylic acids is 2. The Bertz CT molecular complexity index is 365. The fraction of sp³-hybridized carbons (Fsp3) is 0.500. The van der Waals surface area contributed by atoms with Gasteiger partial charge in [-0.05, 0) is 17.9 Å². The summed E-state index contributed by atoms with van der Waals surface area (Å²) in [6, 6.07) is 3.95. The van der Waals surface area contributed by atoms with Crippen LogP contribution in [0.1, 0.15) is 11.3 Å². The van der Waals surface area contributed by atoms with Crippen LogP contribution in [0.2, 0.25) is 0 Å². The normalized spacial score (nSPS) is 10.1. The summed E-state index contributed by atoms with van der Waals surface area (Å²) in [7, 11) is 1.57. The van der Waals surface area contributed by atoms with E-state index in [0.29, 0.717) is 19.6 Å². The molecule has 2 amide bonds. The molecule has 0 saturated carbocycles. The molecule has 100 valence electrons. The van der Waals surface area contributed by atoms with E-state index in [0.717, 1.165) is 6.42 Å². The van der Waals surface area contributed by atoms with Crippen LogP contribution < -0.4 is 10.6 Å². The quantitative estimate of drug-likeness (QED) is 0.678. The number of amides is 2. The molecule has 0 unspecified atom stereocenters. The highest BCUT2D eigenvalue weighted by Gasteiger charge is 2.05. The highest BCUT2D eigenvalue weighted by molar-refractivity contribution is 7.09. The van der Waals surface area contributed by atoms with Gasteiger partial charge >= 0.3 is 0 Å². The lowest BCUT2D eigenvalue weighted by molar-refractivity contribution is -0.126. The molecule has 0 radical (unpaired) electrons. The largest absolute Gasteiger partial charge is 0.383 e. The van der Waals surface area contributed by atoms with Crippen molar-refractivity contribution >= 4 is 23.2 Å². The fourth-order valence-electron chi connectivity index (χ4n) is 1.31. The molecular weight excluding hydrogens is 252 g/mol. The molecule has 18 heavy (non-hydrogen) atoms. The molecular formula is C12H18N2O3S. The molecule has 0 aliphatic heterocycles. The van der Waals surface area contributed by atoms with Gasteiger partial charge in [0.2, 0.25) is 11.8 Å². The molecule has 6 heteroatoms. The van der Waals surface area contributed by atoms with E-state index in [9.17, 15) is 9.59 Å². The topological polar surface area (TPSA) is 67.4 Å². The zero-order chi connectivity index (χ0) is 13.2. The average Bonchev–Trinajstić information content (AvgIpc) is 2.87. The van der Waals surface area contributed by atoms with Gasteiger partial charge in [0.25, 0.3) is 0 Å². The summed E-state index contributed by atoms with van der Waals surface area (Å²) in [6.45, 7) is 0.950. The zero-order valence-corrected chi connectivity index (χ0v) is 11.2. The first kappa shape index (κ1) is 14.7. The number of carbonyl (C=O) groups is 2. The number of aryl methyl sites for hydroxylation is 1. The Morgan fingerprint density at radius 3 is 2.83 bits per heavy atom. The van der Waals surface area contributed by atoms with E-state index >= 15 is 0 Å². The molecule has 0 aliphatic carbocycles. The first-order valence-corrected chi connectivity index (χ1v) is 6.65. The van der Waals surface area contributed by atoms with Gasteiger partial charge in [-0.2, -0.15) is 0 Å². The SMILES string of the molecule is COCCNC(=O)CNC(=O)CCc1cccs1. The lowest BCUT2D eigenvalue weighted by atomic mass is 10.2. The standard InChI is InChI=1S/C12H18N2O3S/c1-17-7-6-13-12(16)9-14-11(15)5-4-10-3-2-8-18-10/h2-3,8H,4-7,9H2,1H3,(H,13,16)(H,14,15). The molecule has 0 saturated heterocycles. The van der Waals surface area contributed by atoms with Crippen molar-refractivity contribution in [3.8, 4) is 0 Å². The van der Waals surface area contributed by atoms with E-state index in [4.69, 9.17) is 4.74 Å². The molecule has 1 heterocycles. The van der Waals surface area contributed by atoms with E-state index in [2.05, 4.69) is 10.6 Å². The van der Waals surface area contributed by atoms with Crippen LogP contribution in [-0.4, -0.2) is 38.6 Å². The Morgan fingerprint density at radius 2 is 2.17 bits per heavy atom. The van der Waals surface area contributed by atoms with Gasteiger partial charge in [0.15, 0.2) is 0 Å². The lowest BCUT2D eigenvalue weighted by Crippen LogP contribution is -2.38. The molecule has 1 rings (SSSR count). The second-order valence-corrected chi connectivity index (χ2v) is 4.73. The van der Waals surface area contributed by atoms with Crippen LogP contribution in [0.3, 0.4) is 0 Å². The number of thiophene rings is 1. The van der Waals surface area contributed by atoms with Crippen LogP contribution in [0.15, 0.2) is 17.5 Å². The molecule has 2 N–H and O–H groups in total. The van der Waals surface area contributed by atoms with Gasteiger partial charge in [-0.25, -0.2) is 0 Å². The molecule has 0 atom stereocenters. The van der Waals surface area contributed by atoms with Gasteiger partial charge in [-0.3, -0.25) is 9.59 Å². The summed E-state index contributed by atoms with van der Waals surface area (Å²) in [4.78, 5) is 23.9. The van der Waals surface area contributed by atoms with Crippen molar-refractivity contribution in [1.82, 2.24) is 10.6 Å². The average molecular weight is 270 g/mol. The Labute approximate surface area is 111 Å². The van der Waals surface area contributed by atoms with Crippen LogP contribution in [-0.2, 0) is 20.7 Å². The molecule has 0 fully saturated rings. The maximum atomic E-state index is 11.5. The predicted molar refractivity (Wildman–Crippen MR) is 70.5 cm³/mol. The number of rotatable bonds is 8. The Balaban J connectivity index is 2.07. The van der Waals surface area contributed by atoms with Gasteiger partial charge in [-0.15, -0.1) is 11.3 Å². The van der Waals surface area contributed by atoms with Crippen LogP contribution in [0.5, 0.6) is 0 Å². The smallest absolute Gasteiger partial charge is 0.239 e. The van der Waals surface area contributed by atoms with Crippen LogP contribution in [0, 0.1) is 0 Å². The van der Waals surface area contributed by atoms with E-state index < -0.39 is 0 Å². The third-order valence-corrected chi connectivity index (χ3v) is 3.19. The summed E-state index contributed by atoms with van der Waals surface area (Å²) >= 11 is 1.63. The van der Waals surface area contributed by atoms with Crippen molar-refractivity contribution in [3.05, 3.63) is 22.4 Å². The lowest BCUT2D eigenvalue weighted by Gasteiger charge is -2.06. The van der Waals surface area contributed by atoms with Crippen molar-refractivity contribution in [2.45, 2.75) is 12.8 Å². The van der Waals surface area contributed by atoms with Crippen LogP contribution in [0.4, 0.5) is 0 Å². The fourth-order valence-corrected chi connectivity index (χ4v) is 2.02. The van der Waals surface area contributed by atoms with E-state index in [1.165, 1.54) is 4.88 Å². The number of hydrogen-bond acceptors (Lipinski definition) is 4. The monoisotopic (exact) mass is 270 g/mol. The van der Waals surface area contributed by atoms with Crippen molar-refractivity contribution in [2.75, 3.05) is 26.8 Å². The third-order valence-electron chi connectivity index (χ3n) is 2.25. The molecule has 1 aromatic rings. The summed E-state index contributed by atoms with van der Waals surface area (Å²) in [5, 5.41) is 7.20. The molecule has 0 aromatic carbocycles. The zero-order valence-electron chi connectivity index (χ0n) is 10.4. The summed E-state index contributed by atoms with van der Waals surface area (Å²) < 4.78 is 4.80. The highest BCUT2D eigenvalue weighted by atomic mass is 32.1. The van der Waals surface area contributed by atoms with E-state index in [1.807, 2.05) is 17.5 Å². The Morgan fingerprint density at radius 1 is 1.33 bits per heavy atom. The van der Waals surface area contributed by atoms with Gasteiger partial charge in [0.1, 0.15) is 0 Å². The number of methoxy groups -OCH3 is 1. The summed E-state index contributed by atoms with van der Waals surface area (Å²) in [5.74, 6) is -0.304. The first-order valence-electron chi connectivity index (χ1n) is 5.77. The summed E-state index contributed by atoms with van der Waals surface area (Å²) in [5.41, 5.74) is 0. The van der Waals surface area contributed by atoms with Crippen molar-refractivity contribution in [2.24, 2.45) is 0 Å². The predicted octanol–water partition coefficient (Wildman–Crippen LogP) is 0.560. The minimum Gasteiger partial charge on any atom is -0.383 e. The minimum absolute atomic E-state index is 0.0208. The van der Waals surface area contributed by atoms with Gasteiger partial charge in [0, 0.05) is 25.0 Å². The maximum Gasteiger partial charge on any atom is 0.239 e. The second kappa shape index (κ2) is 8.66. The number of hydrogen-bond donors (Lipinski definition) is 2. The van der Waals surface area contributed by atoms with Crippen molar-refractivity contribution in [3.63, 3.8) is 0 Å². The number of nitrogens with one attached hydrogen (secondary N) is 2. The van der Waals surface area contributed by atoms with Crippen molar-refractivity contribution < 1.29 is 14.3 Å². The Hall–Kier alpha value is -1.40. The van der Waals surface area contributed by atoms with Gasteiger partial charge in [0.05, 0.1) is 13.2 Å². The minimum atomic E-state index is -0.198. The van der Waals surface area contributed by atoms with Crippen LogP contribution >= 0.6 is 11.3 Å². The van der Waals surface area contributed by atoms with Gasteiger partial charge < -0.3 is 15.4 Å². The molecule has 0 bridgehead atoms. The molecule has 5 nitrogen and oxygen atoms in total.